The summed E-state index contributed by atoms with van der Waals surface area (Å²) in [7, 11) is 1.62. The van der Waals surface area contributed by atoms with Crippen molar-refractivity contribution in [2.75, 3.05) is 11.9 Å². The SMILES string of the molecule is CCCNC(=O)c1c(NC(=O)c2ccc(COc3c(Cl)cc(Cl)cc3Cl)o2)cnn1C. The van der Waals surface area contributed by atoms with E-state index in [1.165, 1.54) is 29.1 Å². The summed E-state index contributed by atoms with van der Waals surface area (Å²) in [4.78, 5) is 24.9. The highest BCUT2D eigenvalue weighted by atomic mass is 35.5. The first-order valence-electron chi connectivity index (χ1n) is 9.27. The maximum absolute atomic E-state index is 12.6. The van der Waals surface area contributed by atoms with Crippen molar-refractivity contribution < 1.29 is 18.7 Å². The van der Waals surface area contributed by atoms with Crippen molar-refractivity contribution in [1.29, 1.82) is 0 Å². The van der Waals surface area contributed by atoms with Gasteiger partial charge in [0.2, 0.25) is 0 Å². The van der Waals surface area contributed by atoms with Gasteiger partial charge in [-0.05, 0) is 30.7 Å². The van der Waals surface area contributed by atoms with Crippen molar-refractivity contribution in [3.05, 3.63) is 62.7 Å². The first-order chi connectivity index (χ1) is 14.8. The molecule has 0 bridgehead atoms. The van der Waals surface area contributed by atoms with E-state index in [9.17, 15) is 9.59 Å². The van der Waals surface area contributed by atoms with E-state index < -0.39 is 5.91 Å². The third-order valence-electron chi connectivity index (χ3n) is 4.14. The van der Waals surface area contributed by atoms with Crippen LogP contribution in [0.1, 0.15) is 40.1 Å². The lowest BCUT2D eigenvalue weighted by atomic mass is 10.3. The molecule has 0 saturated carbocycles. The minimum atomic E-state index is -0.536. The second-order valence-corrected chi connectivity index (χ2v) is 7.74. The molecule has 164 valence electrons. The Morgan fingerprint density at radius 1 is 1.16 bits per heavy atom. The number of carbonyl (C=O) groups is 2. The van der Waals surface area contributed by atoms with Gasteiger partial charge in [0.25, 0.3) is 11.8 Å². The van der Waals surface area contributed by atoms with Gasteiger partial charge in [-0.25, -0.2) is 0 Å². The molecule has 31 heavy (non-hydrogen) atoms. The number of hydrogen-bond donors (Lipinski definition) is 2. The van der Waals surface area contributed by atoms with Gasteiger partial charge in [0.05, 0.1) is 21.9 Å². The average molecular weight is 486 g/mol. The van der Waals surface area contributed by atoms with Crippen molar-refractivity contribution in [3.63, 3.8) is 0 Å². The summed E-state index contributed by atoms with van der Waals surface area (Å²) in [5, 5.41) is 10.3. The summed E-state index contributed by atoms with van der Waals surface area (Å²) in [6.07, 6.45) is 2.19. The zero-order valence-corrected chi connectivity index (χ0v) is 18.9. The van der Waals surface area contributed by atoms with Crippen LogP contribution in [0.5, 0.6) is 5.75 Å². The van der Waals surface area contributed by atoms with Crippen LogP contribution in [0.15, 0.2) is 34.9 Å². The minimum Gasteiger partial charge on any atom is -0.483 e. The molecule has 0 atom stereocenters. The largest absolute Gasteiger partial charge is 0.483 e. The van der Waals surface area contributed by atoms with E-state index in [1.807, 2.05) is 6.92 Å². The molecule has 0 fully saturated rings. The van der Waals surface area contributed by atoms with Crippen LogP contribution in [-0.4, -0.2) is 28.1 Å². The smallest absolute Gasteiger partial charge is 0.291 e. The van der Waals surface area contributed by atoms with Gasteiger partial charge in [0, 0.05) is 18.6 Å². The number of furan rings is 1. The number of nitrogens with zero attached hydrogens (tertiary/aromatic N) is 2. The monoisotopic (exact) mass is 484 g/mol. The number of amides is 2. The van der Waals surface area contributed by atoms with Crippen molar-refractivity contribution in [1.82, 2.24) is 15.1 Å². The fraction of sp³-hybridized carbons (Fsp3) is 0.250. The number of anilines is 1. The Bertz CT molecular complexity index is 1090. The van der Waals surface area contributed by atoms with Crippen LogP contribution in [0.2, 0.25) is 15.1 Å². The summed E-state index contributed by atoms with van der Waals surface area (Å²) < 4.78 is 12.5. The summed E-state index contributed by atoms with van der Waals surface area (Å²) in [5.74, 6) is -0.197. The predicted molar refractivity (Wildman–Crippen MR) is 118 cm³/mol. The molecule has 3 aromatic rings. The van der Waals surface area contributed by atoms with Gasteiger partial charge in [0.1, 0.15) is 18.1 Å². The summed E-state index contributed by atoms with van der Waals surface area (Å²) in [6, 6.07) is 6.10. The molecule has 2 aromatic heterocycles. The Morgan fingerprint density at radius 2 is 1.87 bits per heavy atom. The first kappa shape index (κ1) is 23.0. The highest BCUT2D eigenvalue weighted by Gasteiger charge is 2.20. The predicted octanol–water partition coefficient (Wildman–Crippen LogP) is 4.94. The van der Waals surface area contributed by atoms with Gasteiger partial charge in [-0.1, -0.05) is 41.7 Å². The molecule has 0 aliphatic rings. The molecule has 0 aliphatic heterocycles. The van der Waals surface area contributed by atoms with Crippen molar-refractivity contribution in [2.24, 2.45) is 7.05 Å². The quantitative estimate of drug-likeness (QED) is 0.471. The number of halogens is 3. The number of aryl methyl sites for hydroxylation is 1. The van der Waals surface area contributed by atoms with E-state index in [2.05, 4.69) is 15.7 Å². The zero-order chi connectivity index (χ0) is 22.5. The first-order valence-corrected chi connectivity index (χ1v) is 10.4. The number of carbonyl (C=O) groups excluding carboxylic acids is 2. The maximum atomic E-state index is 12.6. The van der Waals surface area contributed by atoms with Crippen LogP contribution in [0.3, 0.4) is 0 Å². The second kappa shape index (κ2) is 10.1. The maximum Gasteiger partial charge on any atom is 0.291 e. The molecule has 0 unspecified atom stereocenters. The van der Waals surface area contributed by atoms with Gasteiger partial charge < -0.3 is 19.8 Å². The average Bonchev–Trinajstić information content (AvgIpc) is 3.32. The molecule has 1 aromatic carbocycles. The fourth-order valence-corrected chi connectivity index (χ4v) is 3.62. The molecule has 11 heteroatoms. The topological polar surface area (TPSA) is 98.4 Å². The minimum absolute atomic E-state index is 0.00802. The van der Waals surface area contributed by atoms with Gasteiger partial charge in [-0.2, -0.15) is 5.10 Å². The molecule has 0 aliphatic carbocycles. The summed E-state index contributed by atoms with van der Waals surface area (Å²) in [6.45, 7) is 2.45. The van der Waals surface area contributed by atoms with Crippen LogP contribution < -0.4 is 15.4 Å². The number of nitrogens with one attached hydrogen (secondary N) is 2. The van der Waals surface area contributed by atoms with Crippen LogP contribution in [0.4, 0.5) is 5.69 Å². The Hall–Kier alpha value is -2.68. The number of aromatic nitrogens is 2. The van der Waals surface area contributed by atoms with E-state index in [4.69, 9.17) is 44.0 Å². The van der Waals surface area contributed by atoms with Gasteiger partial charge in [0.15, 0.2) is 11.5 Å². The number of benzene rings is 1. The highest BCUT2D eigenvalue weighted by molar-refractivity contribution is 6.40. The lowest BCUT2D eigenvalue weighted by molar-refractivity contribution is 0.0945. The van der Waals surface area contributed by atoms with E-state index in [1.54, 1.807) is 13.1 Å². The summed E-state index contributed by atoms with van der Waals surface area (Å²) in [5.41, 5.74) is 0.513. The Balaban J connectivity index is 1.67. The Labute approximate surface area is 193 Å². The third kappa shape index (κ3) is 5.52. The zero-order valence-electron chi connectivity index (χ0n) is 16.7. The molecule has 0 radical (unpaired) electrons. The molecule has 2 amide bonds. The fourth-order valence-electron chi connectivity index (χ4n) is 2.69. The number of rotatable bonds is 8. The van der Waals surface area contributed by atoms with Crippen molar-refractivity contribution in [3.8, 4) is 5.75 Å². The van der Waals surface area contributed by atoms with Gasteiger partial charge in [-0.15, -0.1) is 0 Å². The van der Waals surface area contributed by atoms with Gasteiger partial charge >= 0.3 is 0 Å². The molecule has 2 N–H and O–H groups in total. The molecule has 0 spiro atoms. The molecule has 8 nitrogen and oxygen atoms in total. The van der Waals surface area contributed by atoms with Crippen LogP contribution in [-0.2, 0) is 13.7 Å². The third-order valence-corrected chi connectivity index (χ3v) is 4.92. The van der Waals surface area contributed by atoms with Crippen LogP contribution in [0.25, 0.3) is 0 Å². The van der Waals surface area contributed by atoms with Crippen molar-refractivity contribution >= 4 is 52.3 Å². The van der Waals surface area contributed by atoms with Gasteiger partial charge in [-0.3, -0.25) is 14.3 Å². The molecular weight excluding hydrogens is 467 g/mol. The van der Waals surface area contributed by atoms with Crippen molar-refractivity contribution in [2.45, 2.75) is 20.0 Å². The Kier molecular flexibility index (Phi) is 7.48. The van der Waals surface area contributed by atoms with E-state index in [-0.39, 0.29) is 45.5 Å². The second-order valence-electron chi connectivity index (χ2n) is 6.49. The molecular formula is C20H19Cl3N4O4. The van der Waals surface area contributed by atoms with Crippen LogP contribution >= 0.6 is 34.8 Å². The standard InChI is InChI=1S/C20H19Cl3N4O4/c1-3-6-24-20(29)17-15(9-25-27(17)2)26-19(28)16-5-4-12(31-16)10-30-18-13(22)7-11(21)8-14(18)23/h4-5,7-9H,3,6,10H2,1-2H3,(H,24,29)(H,26,28). The normalized spacial score (nSPS) is 10.7. The van der Waals surface area contributed by atoms with E-state index in [0.717, 1.165) is 6.42 Å². The van der Waals surface area contributed by atoms with E-state index in [0.29, 0.717) is 17.3 Å². The molecule has 2 heterocycles. The van der Waals surface area contributed by atoms with E-state index >= 15 is 0 Å². The highest BCUT2D eigenvalue weighted by Crippen LogP contribution is 2.36. The lowest BCUT2D eigenvalue weighted by Gasteiger charge is -2.09. The summed E-state index contributed by atoms with van der Waals surface area (Å²) >= 11 is 18.1. The Morgan fingerprint density at radius 3 is 2.55 bits per heavy atom. The molecule has 3 rings (SSSR count). The van der Waals surface area contributed by atoms with Crippen LogP contribution in [0, 0.1) is 0 Å². The lowest BCUT2D eigenvalue weighted by Crippen LogP contribution is -2.27. The number of ether oxygens (including phenoxy) is 1. The molecule has 0 saturated heterocycles. The number of hydrogen-bond acceptors (Lipinski definition) is 5.